The largest absolute Gasteiger partial charge is 0.487 e. The standard InChI is InChI=1S/C20H20N4O2/c1-13-22-23-18-8-7-14(12-24(13)18)19(25)21-16-11-20(9-4-10-20)26-17-6-3-2-5-15(16)17/h2-3,5-8,12,16H,4,9-11H2,1H3,(H,21,25)/t16-/m0/s1. The third kappa shape index (κ3) is 2.36. The van der Waals surface area contributed by atoms with E-state index >= 15 is 0 Å². The van der Waals surface area contributed by atoms with E-state index in [2.05, 4.69) is 15.5 Å². The number of ether oxygens (including phenoxy) is 1. The van der Waals surface area contributed by atoms with Gasteiger partial charge in [0.05, 0.1) is 11.6 Å². The summed E-state index contributed by atoms with van der Waals surface area (Å²) < 4.78 is 8.10. The van der Waals surface area contributed by atoms with Gasteiger partial charge in [0.25, 0.3) is 5.91 Å². The first kappa shape index (κ1) is 15.4. The number of para-hydroxylation sites is 1. The molecule has 1 aliphatic heterocycles. The van der Waals surface area contributed by atoms with Crippen LogP contribution in [-0.2, 0) is 0 Å². The van der Waals surface area contributed by atoms with E-state index in [4.69, 9.17) is 4.74 Å². The zero-order valence-electron chi connectivity index (χ0n) is 14.6. The van der Waals surface area contributed by atoms with Crippen LogP contribution in [0.5, 0.6) is 5.75 Å². The number of fused-ring (bicyclic) bond motifs is 2. The average molecular weight is 348 g/mol. The Morgan fingerprint density at radius 1 is 1.23 bits per heavy atom. The van der Waals surface area contributed by atoms with Gasteiger partial charge in [0.1, 0.15) is 17.2 Å². The molecule has 6 nitrogen and oxygen atoms in total. The predicted octanol–water partition coefficient (Wildman–Crippen LogP) is 3.21. The maximum atomic E-state index is 12.9. The lowest BCUT2D eigenvalue weighted by Crippen LogP contribution is -2.49. The number of carbonyl (C=O) groups is 1. The van der Waals surface area contributed by atoms with Crippen molar-refractivity contribution in [3.63, 3.8) is 0 Å². The molecule has 1 fully saturated rings. The molecule has 26 heavy (non-hydrogen) atoms. The van der Waals surface area contributed by atoms with Crippen molar-refractivity contribution in [3.8, 4) is 5.75 Å². The zero-order valence-corrected chi connectivity index (χ0v) is 14.6. The summed E-state index contributed by atoms with van der Waals surface area (Å²) in [7, 11) is 0. The summed E-state index contributed by atoms with van der Waals surface area (Å²) >= 11 is 0. The van der Waals surface area contributed by atoms with Gasteiger partial charge in [0.2, 0.25) is 0 Å². The number of aryl methyl sites for hydroxylation is 1. The van der Waals surface area contributed by atoms with Crippen LogP contribution in [0.3, 0.4) is 0 Å². The second-order valence-corrected chi connectivity index (χ2v) is 7.30. The maximum absolute atomic E-state index is 12.9. The van der Waals surface area contributed by atoms with Gasteiger partial charge in [-0.2, -0.15) is 0 Å². The maximum Gasteiger partial charge on any atom is 0.253 e. The third-order valence-corrected chi connectivity index (χ3v) is 5.60. The molecule has 3 aromatic rings. The molecule has 0 saturated heterocycles. The summed E-state index contributed by atoms with van der Waals surface area (Å²) in [5, 5.41) is 11.3. The lowest BCUT2D eigenvalue weighted by Gasteiger charge is -2.48. The second kappa shape index (κ2) is 5.56. The van der Waals surface area contributed by atoms with Gasteiger partial charge in [0, 0.05) is 18.2 Å². The van der Waals surface area contributed by atoms with Crippen molar-refractivity contribution >= 4 is 11.6 Å². The molecule has 1 amide bonds. The molecule has 3 heterocycles. The number of pyridine rings is 1. The Morgan fingerprint density at radius 2 is 2.08 bits per heavy atom. The molecule has 1 N–H and O–H groups in total. The molecule has 132 valence electrons. The van der Waals surface area contributed by atoms with Gasteiger partial charge in [-0.3, -0.25) is 9.20 Å². The summed E-state index contributed by atoms with van der Waals surface area (Å²) in [6.45, 7) is 1.87. The molecular weight excluding hydrogens is 328 g/mol. The van der Waals surface area contributed by atoms with E-state index in [-0.39, 0.29) is 17.6 Å². The molecule has 0 bridgehead atoms. The van der Waals surface area contributed by atoms with Crippen LogP contribution < -0.4 is 10.1 Å². The van der Waals surface area contributed by atoms with Crippen molar-refractivity contribution in [2.24, 2.45) is 0 Å². The van der Waals surface area contributed by atoms with Crippen LogP contribution >= 0.6 is 0 Å². The fourth-order valence-electron chi connectivity index (χ4n) is 4.01. The molecule has 1 spiro atoms. The van der Waals surface area contributed by atoms with Crippen molar-refractivity contribution in [3.05, 3.63) is 59.5 Å². The number of carbonyl (C=O) groups excluding carboxylic acids is 1. The molecule has 0 radical (unpaired) electrons. The van der Waals surface area contributed by atoms with Crippen LogP contribution in [0, 0.1) is 6.92 Å². The van der Waals surface area contributed by atoms with Crippen molar-refractivity contribution in [2.45, 2.75) is 44.2 Å². The van der Waals surface area contributed by atoms with E-state index in [9.17, 15) is 4.79 Å². The van der Waals surface area contributed by atoms with Gasteiger partial charge in [-0.25, -0.2) is 0 Å². The highest BCUT2D eigenvalue weighted by Crippen LogP contribution is 2.48. The van der Waals surface area contributed by atoms with Crippen LogP contribution in [0.25, 0.3) is 5.65 Å². The number of hydrogen-bond donors (Lipinski definition) is 1. The first-order valence-corrected chi connectivity index (χ1v) is 9.04. The highest BCUT2D eigenvalue weighted by molar-refractivity contribution is 5.94. The number of aromatic nitrogens is 3. The number of benzene rings is 1. The van der Waals surface area contributed by atoms with E-state index in [0.717, 1.165) is 42.0 Å². The van der Waals surface area contributed by atoms with E-state index in [0.29, 0.717) is 5.56 Å². The molecule has 1 saturated carbocycles. The van der Waals surface area contributed by atoms with Gasteiger partial charge in [-0.05, 0) is 44.4 Å². The van der Waals surface area contributed by atoms with Gasteiger partial charge >= 0.3 is 0 Å². The van der Waals surface area contributed by atoms with E-state index in [1.807, 2.05) is 41.7 Å². The molecule has 1 aromatic carbocycles. The van der Waals surface area contributed by atoms with Crippen LogP contribution in [-0.4, -0.2) is 26.1 Å². The smallest absolute Gasteiger partial charge is 0.253 e. The second-order valence-electron chi connectivity index (χ2n) is 7.30. The zero-order chi connectivity index (χ0) is 17.7. The van der Waals surface area contributed by atoms with Crippen molar-refractivity contribution in [2.75, 3.05) is 0 Å². The molecular formula is C20H20N4O2. The molecule has 1 aliphatic carbocycles. The number of amides is 1. The monoisotopic (exact) mass is 348 g/mol. The van der Waals surface area contributed by atoms with Gasteiger partial charge < -0.3 is 10.1 Å². The summed E-state index contributed by atoms with van der Waals surface area (Å²) in [6.07, 6.45) is 5.92. The number of nitrogens with one attached hydrogen (secondary N) is 1. The minimum Gasteiger partial charge on any atom is -0.487 e. The van der Waals surface area contributed by atoms with Crippen LogP contribution in [0.15, 0.2) is 42.6 Å². The summed E-state index contributed by atoms with van der Waals surface area (Å²) in [5.41, 5.74) is 2.29. The van der Waals surface area contributed by atoms with E-state index in [1.54, 1.807) is 12.3 Å². The van der Waals surface area contributed by atoms with Crippen LogP contribution in [0.1, 0.15) is 53.5 Å². The quantitative estimate of drug-likeness (QED) is 0.772. The Hall–Kier alpha value is -2.89. The fraction of sp³-hybridized carbons (Fsp3) is 0.350. The van der Waals surface area contributed by atoms with Crippen molar-refractivity contribution in [1.82, 2.24) is 19.9 Å². The Labute approximate surface area is 151 Å². The Bertz CT molecular complexity index is 1010. The topological polar surface area (TPSA) is 68.5 Å². The fourth-order valence-corrected chi connectivity index (χ4v) is 4.01. The highest BCUT2D eigenvalue weighted by atomic mass is 16.5. The first-order chi connectivity index (χ1) is 12.6. The van der Waals surface area contributed by atoms with E-state index in [1.165, 1.54) is 6.42 Å². The van der Waals surface area contributed by atoms with Gasteiger partial charge in [0.15, 0.2) is 5.65 Å². The summed E-state index contributed by atoms with van der Waals surface area (Å²) in [5.74, 6) is 1.57. The van der Waals surface area contributed by atoms with Crippen LogP contribution in [0.2, 0.25) is 0 Å². The van der Waals surface area contributed by atoms with Gasteiger partial charge in [-0.15, -0.1) is 10.2 Å². The molecule has 0 unspecified atom stereocenters. The normalized spacial score (nSPS) is 20.3. The molecule has 5 rings (SSSR count). The molecule has 2 aromatic heterocycles. The van der Waals surface area contributed by atoms with Crippen LogP contribution in [0.4, 0.5) is 0 Å². The Balaban J connectivity index is 1.45. The lowest BCUT2D eigenvalue weighted by atomic mass is 9.73. The first-order valence-electron chi connectivity index (χ1n) is 9.04. The lowest BCUT2D eigenvalue weighted by molar-refractivity contribution is -0.0360. The molecule has 1 atom stereocenters. The number of rotatable bonds is 2. The van der Waals surface area contributed by atoms with Gasteiger partial charge in [-0.1, -0.05) is 18.2 Å². The summed E-state index contributed by atoms with van der Waals surface area (Å²) in [6, 6.07) is 11.6. The predicted molar refractivity (Wildman–Crippen MR) is 96.2 cm³/mol. The van der Waals surface area contributed by atoms with Crippen molar-refractivity contribution in [1.29, 1.82) is 0 Å². The SMILES string of the molecule is Cc1nnc2ccc(C(=O)N[C@H]3CC4(CCC4)Oc4ccccc43)cn12. The Morgan fingerprint density at radius 3 is 2.88 bits per heavy atom. The highest BCUT2D eigenvalue weighted by Gasteiger charge is 2.45. The minimum absolute atomic E-state index is 0.0366. The van der Waals surface area contributed by atoms with Crippen molar-refractivity contribution < 1.29 is 9.53 Å². The average Bonchev–Trinajstić information content (AvgIpc) is 3.01. The molecule has 2 aliphatic rings. The minimum atomic E-state index is -0.110. The Kier molecular flexibility index (Phi) is 3.29. The number of nitrogens with zero attached hydrogens (tertiary/aromatic N) is 3. The number of hydrogen-bond acceptors (Lipinski definition) is 4. The van der Waals surface area contributed by atoms with E-state index < -0.39 is 0 Å². The third-order valence-electron chi connectivity index (χ3n) is 5.60. The summed E-state index contributed by atoms with van der Waals surface area (Å²) in [4.78, 5) is 12.9. The molecule has 6 heteroatoms.